The normalized spacial score (nSPS) is 16.2. The molecule has 16 heavy (non-hydrogen) atoms. The van der Waals surface area contributed by atoms with Gasteiger partial charge in [0, 0.05) is 18.1 Å². The van der Waals surface area contributed by atoms with Crippen LogP contribution in [0.1, 0.15) is 10.5 Å². The number of aromatic nitrogens is 1. The molecule has 5 nitrogen and oxygen atoms in total. The maximum atomic E-state index is 10.8. The van der Waals surface area contributed by atoms with Crippen LogP contribution in [0.25, 0.3) is 0 Å². The van der Waals surface area contributed by atoms with Crippen molar-refractivity contribution < 1.29 is 14.6 Å². The molecule has 2 heterocycles. The number of ether oxygens (including phenoxy) is 1. The predicted octanol–water partition coefficient (Wildman–Crippen LogP) is 1.27. The van der Waals surface area contributed by atoms with Crippen LogP contribution < -0.4 is 4.90 Å². The molecule has 1 saturated heterocycles. The number of rotatable bonds is 2. The lowest BCUT2D eigenvalue weighted by Gasteiger charge is -2.28. The molecule has 1 aliphatic rings. The fourth-order valence-electron chi connectivity index (χ4n) is 1.55. The average molecular weight is 243 g/mol. The maximum Gasteiger partial charge on any atom is 0.354 e. The highest BCUT2D eigenvalue weighted by Gasteiger charge is 2.15. The fraction of sp³-hybridized carbons (Fsp3) is 0.400. The summed E-state index contributed by atoms with van der Waals surface area (Å²) in [6, 6.07) is 3.01. The molecule has 0 aliphatic carbocycles. The van der Waals surface area contributed by atoms with E-state index >= 15 is 0 Å². The van der Waals surface area contributed by atoms with Gasteiger partial charge in [0.05, 0.1) is 13.2 Å². The van der Waals surface area contributed by atoms with Crippen LogP contribution in [0.5, 0.6) is 0 Å². The van der Waals surface area contributed by atoms with Crippen LogP contribution in [-0.4, -0.2) is 42.4 Å². The van der Waals surface area contributed by atoms with Crippen LogP contribution in [0, 0.1) is 0 Å². The first kappa shape index (κ1) is 11.2. The summed E-state index contributed by atoms with van der Waals surface area (Å²) in [5, 5.41) is 9.25. The molecule has 0 radical (unpaired) electrons. The van der Waals surface area contributed by atoms with Gasteiger partial charge >= 0.3 is 5.97 Å². The van der Waals surface area contributed by atoms with Crippen molar-refractivity contribution in [3.63, 3.8) is 0 Å². The third-order valence-corrected chi connectivity index (χ3v) is 2.55. The SMILES string of the molecule is O=C(O)c1cc(Cl)cc(N2CCOCC2)n1. The number of nitrogens with zero attached hydrogens (tertiary/aromatic N) is 2. The van der Waals surface area contributed by atoms with Crippen molar-refractivity contribution in [3.8, 4) is 0 Å². The Morgan fingerprint density at radius 1 is 1.44 bits per heavy atom. The smallest absolute Gasteiger partial charge is 0.354 e. The average Bonchev–Trinajstić information content (AvgIpc) is 2.29. The van der Waals surface area contributed by atoms with E-state index in [4.69, 9.17) is 21.4 Å². The Bertz CT molecular complexity index is 405. The van der Waals surface area contributed by atoms with E-state index in [1.807, 2.05) is 4.90 Å². The van der Waals surface area contributed by atoms with Crippen LogP contribution in [0.2, 0.25) is 5.02 Å². The van der Waals surface area contributed by atoms with Crippen molar-refractivity contribution in [1.29, 1.82) is 0 Å². The minimum absolute atomic E-state index is 0.0333. The first-order chi connectivity index (χ1) is 7.66. The Morgan fingerprint density at radius 2 is 2.12 bits per heavy atom. The van der Waals surface area contributed by atoms with Crippen molar-refractivity contribution in [2.75, 3.05) is 31.2 Å². The Balaban J connectivity index is 2.28. The van der Waals surface area contributed by atoms with Gasteiger partial charge < -0.3 is 14.7 Å². The second-order valence-electron chi connectivity index (χ2n) is 3.43. The number of hydrogen-bond acceptors (Lipinski definition) is 4. The summed E-state index contributed by atoms with van der Waals surface area (Å²) in [5.74, 6) is -0.481. The Morgan fingerprint density at radius 3 is 2.75 bits per heavy atom. The van der Waals surface area contributed by atoms with Crippen LogP contribution in [0.15, 0.2) is 12.1 Å². The molecule has 0 bridgehead atoms. The highest BCUT2D eigenvalue weighted by molar-refractivity contribution is 6.31. The molecule has 1 fully saturated rings. The molecular formula is C10H11ClN2O3. The van der Waals surface area contributed by atoms with Gasteiger partial charge in [0.1, 0.15) is 5.82 Å². The number of aromatic carboxylic acids is 1. The van der Waals surface area contributed by atoms with E-state index < -0.39 is 5.97 Å². The molecule has 86 valence electrons. The standard InChI is InChI=1S/C10H11ClN2O3/c11-7-5-8(10(14)15)12-9(6-7)13-1-3-16-4-2-13/h5-6H,1-4H2,(H,14,15). The van der Waals surface area contributed by atoms with E-state index in [0.29, 0.717) is 37.1 Å². The molecule has 0 atom stereocenters. The van der Waals surface area contributed by atoms with E-state index in [2.05, 4.69) is 4.98 Å². The third-order valence-electron chi connectivity index (χ3n) is 2.33. The second kappa shape index (κ2) is 4.67. The molecule has 2 rings (SSSR count). The number of hydrogen-bond donors (Lipinski definition) is 1. The van der Waals surface area contributed by atoms with Crippen molar-refractivity contribution in [1.82, 2.24) is 4.98 Å². The lowest BCUT2D eigenvalue weighted by atomic mass is 10.3. The van der Waals surface area contributed by atoms with Crippen molar-refractivity contribution in [3.05, 3.63) is 22.8 Å². The van der Waals surface area contributed by atoms with E-state index in [9.17, 15) is 4.79 Å². The van der Waals surface area contributed by atoms with E-state index in [1.165, 1.54) is 6.07 Å². The van der Waals surface area contributed by atoms with Crippen LogP contribution in [0.4, 0.5) is 5.82 Å². The highest BCUT2D eigenvalue weighted by Crippen LogP contribution is 2.19. The largest absolute Gasteiger partial charge is 0.477 e. The zero-order valence-electron chi connectivity index (χ0n) is 8.52. The molecule has 0 unspecified atom stereocenters. The number of carbonyl (C=O) groups is 1. The number of morpholine rings is 1. The molecule has 1 aromatic heterocycles. The van der Waals surface area contributed by atoms with Crippen molar-refractivity contribution >= 4 is 23.4 Å². The third kappa shape index (κ3) is 2.43. The lowest BCUT2D eigenvalue weighted by molar-refractivity contribution is 0.0690. The number of carboxylic acid groups (broad SMARTS) is 1. The quantitative estimate of drug-likeness (QED) is 0.846. The number of halogens is 1. The Hall–Kier alpha value is -1.33. The molecule has 1 aromatic rings. The van der Waals surface area contributed by atoms with Gasteiger partial charge in [-0.1, -0.05) is 11.6 Å². The van der Waals surface area contributed by atoms with E-state index in [0.717, 1.165) is 0 Å². The van der Waals surface area contributed by atoms with Gasteiger partial charge in [0.2, 0.25) is 0 Å². The second-order valence-corrected chi connectivity index (χ2v) is 3.87. The Labute approximate surface area is 97.6 Å². The number of pyridine rings is 1. The number of anilines is 1. The molecule has 6 heteroatoms. The van der Waals surface area contributed by atoms with Crippen LogP contribution >= 0.6 is 11.6 Å². The first-order valence-corrected chi connectivity index (χ1v) is 5.28. The highest BCUT2D eigenvalue weighted by atomic mass is 35.5. The summed E-state index contributed by atoms with van der Waals surface area (Å²) in [7, 11) is 0. The van der Waals surface area contributed by atoms with E-state index in [1.54, 1.807) is 6.07 Å². The molecule has 0 amide bonds. The molecule has 0 saturated carbocycles. The topological polar surface area (TPSA) is 62.7 Å². The summed E-state index contributed by atoms with van der Waals surface area (Å²) < 4.78 is 5.21. The van der Waals surface area contributed by atoms with Crippen molar-refractivity contribution in [2.24, 2.45) is 0 Å². The van der Waals surface area contributed by atoms with Gasteiger partial charge in [-0.3, -0.25) is 0 Å². The monoisotopic (exact) mass is 242 g/mol. The van der Waals surface area contributed by atoms with E-state index in [-0.39, 0.29) is 5.69 Å². The lowest BCUT2D eigenvalue weighted by Crippen LogP contribution is -2.36. The molecule has 0 spiro atoms. The molecule has 1 aliphatic heterocycles. The summed E-state index contributed by atoms with van der Waals surface area (Å²) >= 11 is 5.85. The minimum atomic E-state index is -1.07. The van der Waals surface area contributed by atoms with Gasteiger partial charge in [-0.2, -0.15) is 0 Å². The zero-order valence-corrected chi connectivity index (χ0v) is 9.28. The van der Waals surface area contributed by atoms with Gasteiger partial charge in [0.15, 0.2) is 5.69 Å². The van der Waals surface area contributed by atoms with Crippen molar-refractivity contribution in [2.45, 2.75) is 0 Å². The summed E-state index contributed by atoms with van der Waals surface area (Å²) in [5.41, 5.74) is -0.0333. The zero-order chi connectivity index (χ0) is 11.5. The predicted molar refractivity (Wildman–Crippen MR) is 59.2 cm³/mol. The van der Waals surface area contributed by atoms with Crippen LogP contribution in [-0.2, 0) is 4.74 Å². The van der Waals surface area contributed by atoms with Gasteiger partial charge in [0.25, 0.3) is 0 Å². The van der Waals surface area contributed by atoms with Crippen LogP contribution in [0.3, 0.4) is 0 Å². The summed E-state index contributed by atoms with van der Waals surface area (Å²) in [6.45, 7) is 2.64. The molecule has 0 aromatic carbocycles. The Kier molecular flexibility index (Phi) is 3.26. The van der Waals surface area contributed by atoms with Gasteiger partial charge in [-0.25, -0.2) is 9.78 Å². The maximum absolute atomic E-state index is 10.8. The van der Waals surface area contributed by atoms with Gasteiger partial charge in [-0.05, 0) is 12.1 Å². The van der Waals surface area contributed by atoms with Gasteiger partial charge in [-0.15, -0.1) is 0 Å². The summed E-state index contributed by atoms with van der Waals surface area (Å²) in [6.07, 6.45) is 0. The molecule has 1 N–H and O–H groups in total. The fourth-order valence-corrected chi connectivity index (χ4v) is 1.75. The number of carboxylic acids is 1. The minimum Gasteiger partial charge on any atom is -0.477 e. The summed E-state index contributed by atoms with van der Waals surface area (Å²) in [4.78, 5) is 16.8. The molecular weight excluding hydrogens is 232 g/mol. The first-order valence-electron chi connectivity index (χ1n) is 4.90.